The topological polar surface area (TPSA) is 117 Å². The summed E-state index contributed by atoms with van der Waals surface area (Å²) in [5.41, 5.74) is 7.99. The van der Waals surface area contributed by atoms with E-state index in [2.05, 4.69) is 26.7 Å². The predicted octanol–water partition coefficient (Wildman–Crippen LogP) is 1.35. The fraction of sp³-hybridized carbons (Fsp3) is 0.346. The summed E-state index contributed by atoms with van der Waals surface area (Å²) < 4.78 is 4.43. The molecule has 1 fully saturated rings. The lowest BCUT2D eigenvalue weighted by Gasteiger charge is -2.31. The Kier molecular flexibility index (Phi) is 6.40. The summed E-state index contributed by atoms with van der Waals surface area (Å²) in [5.74, 6) is 6.56. The van der Waals surface area contributed by atoms with Gasteiger partial charge in [-0.2, -0.15) is 4.98 Å². The van der Waals surface area contributed by atoms with Gasteiger partial charge in [-0.15, -0.1) is 5.92 Å². The van der Waals surface area contributed by atoms with Crippen LogP contribution in [0.15, 0.2) is 52.2 Å². The largest absolute Gasteiger partial charge is 0.341 e. The predicted molar refractivity (Wildman–Crippen MR) is 139 cm³/mol. The van der Waals surface area contributed by atoms with Crippen molar-refractivity contribution < 1.29 is 0 Å². The number of aromatic nitrogens is 6. The molecule has 0 aromatic carbocycles. The van der Waals surface area contributed by atoms with E-state index in [1.165, 1.54) is 9.13 Å². The number of pyridine rings is 2. The maximum absolute atomic E-state index is 13.8. The number of aryl methyl sites for hydroxylation is 1. The van der Waals surface area contributed by atoms with Crippen LogP contribution in [-0.2, 0) is 20.1 Å². The van der Waals surface area contributed by atoms with Crippen LogP contribution in [0.25, 0.3) is 22.6 Å². The number of hydrogen-bond acceptors (Lipinski definition) is 7. The summed E-state index contributed by atoms with van der Waals surface area (Å²) in [6, 6.07) is 11.1. The Morgan fingerprint density at radius 2 is 1.92 bits per heavy atom. The van der Waals surface area contributed by atoms with Crippen LogP contribution in [-0.4, -0.2) is 47.8 Å². The quantitative estimate of drug-likeness (QED) is 0.425. The molecule has 1 atom stereocenters. The first-order chi connectivity index (χ1) is 17.5. The van der Waals surface area contributed by atoms with Crippen LogP contribution in [0.2, 0.25) is 0 Å². The van der Waals surface area contributed by atoms with Crippen LogP contribution in [0.1, 0.15) is 25.5 Å². The third kappa shape index (κ3) is 4.29. The lowest BCUT2D eigenvalue weighted by Crippen LogP contribution is -2.44. The summed E-state index contributed by atoms with van der Waals surface area (Å²) in [4.78, 5) is 42.9. The highest BCUT2D eigenvalue weighted by molar-refractivity contribution is 5.75. The standard InChI is InChI=1S/C26H28N8O2/c1-3-4-15-33-22-23(30-25(33)32-14-8-9-18(27)16-32)31(2)26(36)34(24(22)35)17-19-10-7-12-21(29-19)20-11-5-6-13-28-20/h5-7,10-13,18H,8-9,14-17,27H2,1-2H3. The van der Waals surface area contributed by atoms with Gasteiger partial charge in [0.1, 0.15) is 0 Å². The van der Waals surface area contributed by atoms with Crippen LogP contribution in [0.5, 0.6) is 0 Å². The highest BCUT2D eigenvalue weighted by Gasteiger charge is 2.26. The van der Waals surface area contributed by atoms with Gasteiger partial charge < -0.3 is 10.6 Å². The second-order valence-corrected chi connectivity index (χ2v) is 8.91. The van der Waals surface area contributed by atoms with Crippen molar-refractivity contribution in [2.75, 3.05) is 18.0 Å². The van der Waals surface area contributed by atoms with Gasteiger partial charge in [0.15, 0.2) is 11.2 Å². The zero-order chi connectivity index (χ0) is 25.2. The first kappa shape index (κ1) is 23.5. The number of piperidine rings is 1. The summed E-state index contributed by atoms with van der Waals surface area (Å²) in [7, 11) is 1.63. The van der Waals surface area contributed by atoms with Gasteiger partial charge in [-0.1, -0.05) is 18.1 Å². The molecule has 10 nitrogen and oxygen atoms in total. The molecule has 0 amide bonds. The average molecular weight is 485 g/mol. The zero-order valence-corrected chi connectivity index (χ0v) is 20.4. The third-order valence-electron chi connectivity index (χ3n) is 6.42. The number of nitrogens with zero attached hydrogens (tertiary/aromatic N) is 7. The highest BCUT2D eigenvalue weighted by atomic mass is 16.2. The van der Waals surface area contributed by atoms with Crippen molar-refractivity contribution in [2.45, 2.75) is 38.9 Å². The summed E-state index contributed by atoms with van der Waals surface area (Å²) in [5, 5.41) is 0. The van der Waals surface area contributed by atoms with Gasteiger partial charge in [-0.3, -0.25) is 23.5 Å². The summed E-state index contributed by atoms with van der Waals surface area (Å²) in [6.07, 6.45) is 3.58. The first-order valence-corrected chi connectivity index (χ1v) is 12.0. The van der Waals surface area contributed by atoms with E-state index in [0.29, 0.717) is 35.0 Å². The molecule has 0 spiro atoms. The maximum atomic E-state index is 13.8. The minimum Gasteiger partial charge on any atom is -0.341 e. The second-order valence-electron chi connectivity index (χ2n) is 8.91. The molecule has 4 aromatic heterocycles. The minimum atomic E-state index is -0.453. The lowest BCUT2D eigenvalue weighted by molar-refractivity contribution is 0.496. The van der Waals surface area contributed by atoms with E-state index in [4.69, 9.17) is 10.7 Å². The average Bonchev–Trinajstić information content (AvgIpc) is 3.29. The first-order valence-electron chi connectivity index (χ1n) is 12.0. The Morgan fingerprint density at radius 1 is 1.08 bits per heavy atom. The fourth-order valence-corrected chi connectivity index (χ4v) is 4.63. The van der Waals surface area contributed by atoms with Gasteiger partial charge in [-0.05, 0) is 44.0 Å². The SMILES string of the molecule is CC#CCn1c(N2CCCC(N)C2)nc2c1c(=O)n(Cc1cccc(-c3ccccn3)n1)c(=O)n2C. The monoisotopic (exact) mass is 484 g/mol. The molecular formula is C26H28N8O2. The summed E-state index contributed by atoms with van der Waals surface area (Å²) >= 11 is 0. The number of fused-ring (bicyclic) bond motifs is 1. The Labute approximate surface area is 208 Å². The Bertz CT molecular complexity index is 1590. The van der Waals surface area contributed by atoms with Crippen molar-refractivity contribution in [2.24, 2.45) is 12.8 Å². The molecule has 184 valence electrons. The molecule has 1 aliphatic rings. The molecule has 0 saturated carbocycles. The van der Waals surface area contributed by atoms with Gasteiger partial charge in [0.2, 0.25) is 5.95 Å². The Morgan fingerprint density at radius 3 is 2.67 bits per heavy atom. The van der Waals surface area contributed by atoms with Crippen molar-refractivity contribution >= 4 is 17.1 Å². The van der Waals surface area contributed by atoms with E-state index in [1.54, 1.807) is 30.8 Å². The number of anilines is 1. The minimum absolute atomic E-state index is 0.0245. The molecule has 36 heavy (non-hydrogen) atoms. The van der Waals surface area contributed by atoms with Gasteiger partial charge in [0.05, 0.1) is 30.2 Å². The molecular weight excluding hydrogens is 456 g/mol. The highest BCUT2D eigenvalue weighted by Crippen LogP contribution is 2.23. The van der Waals surface area contributed by atoms with Crippen LogP contribution in [0.4, 0.5) is 5.95 Å². The fourth-order valence-electron chi connectivity index (χ4n) is 4.63. The molecule has 0 bridgehead atoms. The van der Waals surface area contributed by atoms with E-state index >= 15 is 0 Å². The van der Waals surface area contributed by atoms with Crippen molar-refractivity contribution in [3.8, 4) is 23.2 Å². The van der Waals surface area contributed by atoms with Crippen LogP contribution >= 0.6 is 0 Å². The van der Waals surface area contributed by atoms with Crippen LogP contribution < -0.4 is 21.9 Å². The maximum Gasteiger partial charge on any atom is 0.332 e. The lowest BCUT2D eigenvalue weighted by atomic mass is 10.1. The third-order valence-corrected chi connectivity index (χ3v) is 6.42. The van der Waals surface area contributed by atoms with Crippen molar-refractivity contribution in [1.82, 2.24) is 28.7 Å². The van der Waals surface area contributed by atoms with Crippen LogP contribution in [0.3, 0.4) is 0 Å². The normalized spacial score (nSPS) is 15.6. The smallest absolute Gasteiger partial charge is 0.332 e. The molecule has 1 saturated heterocycles. The van der Waals surface area contributed by atoms with Crippen LogP contribution in [0, 0.1) is 11.8 Å². The number of hydrogen-bond donors (Lipinski definition) is 1. The van der Waals surface area contributed by atoms with E-state index < -0.39 is 11.2 Å². The Balaban J connectivity index is 1.63. The molecule has 0 radical (unpaired) electrons. The number of nitrogens with two attached hydrogens (primary N) is 1. The second kappa shape index (κ2) is 9.79. The van der Waals surface area contributed by atoms with E-state index in [1.807, 2.05) is 30.3 Å². The number of imidazole rings is 1. The van der Waals surface area contributed by atoms with E-state index in [-0.39, 0.29) is 19.1 Å². The molecule has 10 heteroatoms. The van der Waals surface area contributed by atoms with E-state index in [0.717, 1.165) is 25.1 Å². The van der Waals surface area contributed by atoms with Gasteiger partial charge in [0.25, 0.3) is 5.56 Å². The molecule has 1 aliphatic heterocycles. The van der Waals surface area contributed by atoms with Crippen molar-refractivity contribution in [3.63, 3.8) is 0 Å². The van der Waals surface area contributed by atoms with Gasteiger partial charge >= 0.3 is 5.69 Å². The van der Waals surface area contributed by atoms with Gasteiger partial charge in [-0.25, -0.2) is 9.78 Å². The molecule has 0 aliphatic carbocycles. The summed E-state index contributed by atoms with van der Waals surface area (Å²) in [6.45, 7) is 3.48. The molecule has 5 heterocycles. The van der Waals surface area contributed by atoms with Crippen molar-refractivity contribution in [3.05, 3.63) is 69.1 Å². The molecule has 5 rings (SSSR count). The zero-order valence-electron chi connectivity index (χ0n) is 20.4. The number of rotatable bonds is 5. The van der Waals surface area contributed by atoms with E-state index in [9.17, 15) is 9.59 Å². The molecule has 2 N–H and O–H groups in total. The molecule has 4 aromatic rings. The Hall–Kier alpha value is -4.23. The van der Waals surface area contributed by atoms with Crippen molar-refractivity contribution in [1.29, 1.82) is 0 Å². The van der Waals surface area contributed by atoms with Gasteiger partial charge in [0, 0.05) is 32.4 Å². The molecule has 1 unspecified atom stereocenters.